The van der Waals surface area contributed by atoms with E-state index in [2.05, 4.69) is 11.9 Å². The van der Waals surface area contributed by atoms with Gasteiger partial charge in [-0.05, 0) is 18.6 Å². The van der Waals surface area contributed by atoms with Crippen molar-refractivity contribution in [2.24, 2.45) is 5.73 Å². The van der Waals surface area contributed by atoms with Crippen LogP contribution in [-0.4, -0.2) is 35.4 Å². The lowest BCUT2D eigenvalue weighted by Gasteiger charge is -2.21. The molecule has 0 saturated carbocycles. The summed E-state index contributed by atoms with van der Waals surface area (Å²) in [7, 11) is 1.80. The molecule has 0 saturated heterocycles. The van der Waals surface area contributed by atoms with Gasteiger partial charge >= 0.3 is 0 Å². The molecule has 0 fully saturated rings. The number of amides is 1. The van der Waals surface area contributed by atoms with Gasteiger partial charge in [-0.3, -0.25) is 9.78 Å². The number of unbranched alkanes of at least 4 members (excludes halogenated alkanes) is 1. The van der Waals surface area contributed by atoms with Crippen LogP contribution in [0, 0.1) is 0 Å². The van der Waals surface area contributed by atoms with Gasteiger partial charge < -0.3 is 10.6 Å². The summed E-state index contributed by atoms with van der Waals surface area (Å²) in [5.74, 6) is 0.0272. The second-order valence-electron chi connectivity index (χ2n) is 4.58. The molecule has 100 valence electrons. The third kappa shape index (κ3) is 4.84. The summed E-state index contributed by atoms with van der Waals surface area (Å²) in [6, 6.07) is 5.45. The third-order valence-electron chi connectivity index (χ3n) is 2.99. The lowest BCUT2D eigenvalue weighted by molar-refractivity contribution is -0.131. The Bertz CT molecular complexity index is 353. The number of pyridine rings is 1. The van der Waals surface area contributed by atoms with Crippen molar-refractivity contribution in [2.75, 3.05) is 13.6 Å². The fraction of sp³-hybridized carbons (Fsp3) is 0.571. The fourth-order valence-corrected chi connectivity index (χ4v) is 1.77. The first-order chi connectivity index (χ1) is 8.65. The van der Waals surface area contributed by atoms with Crippen LogP contribution in [0.1, 0.15) is 31.9 Å². The van der Waals surface area contributed by atoms with Gasteiger partial charge in [0.2, 0.25) is 5.91 Å². The minimum Gasteiger partial charge on any atom is -0.344 e. The number of hydrogen-bond acceptors (Lipinski definition) is 3. The number of carbonyl (C=O) groups is 1. The van der Waals surface area contributed by atoms with Gasteiger partial charge in [-0.1, -0.05) is 25.8 Å². The van der Waals surface area contributed by atoms with Crippen LogP contribution in [0.4, 0.5) is 0 Å². The Hall–Kier alpha value is -1.42. The molecule has 0 bridgehead atoms. The van der Waals surface area contributed by atoms with E-state index in [1.807, 2.05) is 18.2 Å². The fourth-order valence-electron chi connectivity index (χ4n) is 1.77. The summed E-state index contributed by atoms with van der Waals surface area (Å²) >= 11 is 0. The Labute approximate surface area is 109 Å². The number of rotatable bonds is 7. The maximum Gasteiger partial charge on any atom is 0.239 e. The summed E-state index contributed by atoms with van der Waals surface area (Å²) in [6.07, 6.45) is 5.37. The Morgan fingerprint density at radius 1 is 1.50 bits per heavy atom. The summed E-state index contributed by atoms with van der Waals surface area (Å²) in [4.78, 5) is 17.9. The molecule has 1 atom stereocenters. The van der Waals surface area contributed by atoms with E-state index < -0.39 is 0 Å². The van der Waals surface area contributed by atoms with Crippen LogP contribution in [0.5, 0.6) is 0 Å². The maximum absolute atomic E-state index is 12.0. The van der Waals surface area contributed by atoms with E-state index in [-0.39, 0.29) is 11.9 Å². The molecule has 4 heteroatoms. The normalized spacial score (nSPS) is 12.2. The Morgan fingerprint density at radius 2 is 2.28 bits per heavy atom. The monoisotopic (exact) mass is 249 g/mol. The molecule has 1 rings (SSSR count). The summed E-state index contributed by atoms with van der Waals surface area (Å²) in [5.41, 5.74) is 6.87. The first-order valence-electron chi connectivity index (χ1n) is 6.55. The molecule has 0 aromatic carbocycles. The molecule has 18 heavy (non-hydrogen) atoms. The molecule has 0 unspecified atom stereocenters. The van der Waals surface area contributed by atoms with E-state index in [4.69, 9.17) is 5.73 Å². The Morgan fingerprint density at radius 3 is 2.89 bits per heavy atom. The number of aromatic nitrogens is 1. The van der Waals surface area contributed by atoms with Gasteiger partial charge in [0.25, 0.3) is 0 Å². The van der Waals surface area contributed by atoms with Crippen LogP contribution in [-0.2, 0) is 11.2 Å². The molecule has 1 aromatic heterocycles. The number of hydrogen-bond donors (Lipinski definition) is 1. The van der Waals surface area contributed by atoms with Gasteiger partial charge in [0.1, 0.15) is 0 Å². The second-order valence-corrected chi connectivity index (χ2v) is 4.58. The van der Waals surface area contributed by atoms with Crippen LogP contribution in [0.3, 0.4) is 0 Å². The van der Waals surface area contributed by atoms with Crippen molar-refractivity contribution < 1.29 is 4.79 Å². The van der Waals surface area contributed by atoms with E-state index in [1.165, 1.54) is 0 Å². The number of carbonyl (C=O) groups excluding carboxylic acids is 1. The zero-order valence-electron chi connectivity index (χ0n) is 11.3. The number of likely N-dealkylation sites (N-methyl/N-ethyl adjacent to an activating group) is 1. The van der Waals surface area contributed by atoms with Gasteiger partial charge in [-0.25, -0.2) is 0 Å². The minimum absolute atomic E-state index is 0.0272. The predicted octanol–water partition coefficient (Wildman–Crippen LogP) is 1.60. The largest absolute Gasteiger partial charge is 0.344 e. The van der Waals surface area contributed by atoms with E-state index in [1.54, 1.807) is 18.1 Å². The average Bonchev–Trinajstić information content (AvgIpc) is 2.42. The van der Waals surface area contributed by atoms with Crippen molar-refractivity contribution in [1.29, 1.82) is 0 Å². The van der Waals surface area contributed by atoms with Crippen molar-refractivity contribution in [3.8, 4) is 0 Å². The van der Waals surface area contributed by atoms with Crippen LogP contribution in [0.2, 0.25) is 0 Å². The SMILES string of the molecule is CCCC[C@H](N)C(=O)N(C)CCc1ccccn1. The summed E-state index contributed by atoms with van der Waals surface area (Å²) in [5, 5.41) is 0. The third-order valence-corrected chi connectivity index (χ3v) is 2.99. The standard InChI is InChI=1S/C14H23N3O/c1-3-4-8-13(15)14(18)17(2)11-9-12-7-5-6-10-16-12/h5-7,10,13H,3-4,8-9,11,15H2,1-2H3/t13-/m0/s1. The van der Waals surface area contributed by atoms with Crippen LogP contribution >= 0.6 is 0 Å². The molecule has 2 N–H and O–H groups in total. The van der Waals surface area contributed by atoms with Crippen molar-refractivity contribution in [3.05, 3.63) is 30.1 Å². The maximum atomic E-state index is 12.0. The molecule has 0 aliphatic rings. The van der Waals surface area contributed by atoms with Crippen molar-refractivity contribution >= 4 is 5.91 Å². The van der Waals surface area contributed by atoms with Gasteiger partial charge in [-0.2, -0.15) is 0 Å². The quantitative estimate of drug-likeness (QED) is 0.798. The van der Waals surface area contributed by atoms with Gasteiger partial charge in [0.15, 0.2) is 0 Å². The molecular formula is C14H23N3O. The highest BCUT2D eigenvalue weighted by Crippen LogP contribution is 2.03. The first kappa shape index (κ1) is 14.6. The number of nitrogens with zero attached hydrogens (tertiary/aromatic N) is 2. The Kier molecular flexibility index (Phi) is 6.36. The summed E-state index contributed by atoms with van der Waals surface area (Å²) < 4.78 is 0. The highest BCUT2D eigenvalue weighted by Gasteiger charge is 2.17. The van der Waals surface area contributed by atoms with Gasteiger partial charge in [-0.15, -0.1) is 0 Å². The lowest BCUT2D eigenvalue weighted by Crippen LogP contribution is -2.42. The minimum atomic E-state index is -0.362. The lowest BCUT2D eigenvalue weighted by atomic mass is 10.1. The second kappa shape index (κ2) is 7.82. The van der Waals surface area contributed by atoms with Crippen LogP contribution in [0.15, 0.2) is 24.4 Å². The molecule has 0 aliphatic heterocycles. The van der Waals surface area contributed by atoms with Crippen LogP contribution < -0.4 is 5.73 Å². The molecule has 0 spiro atoms. The first-order valence-corrected chi connectivity index (χ1v) is 6.55. The Balaban J connectivity index is 2.35. The van der Waals surface area contributed by atoms with Gasteiger partial charge in [0.05, 0.1) is 6.04 Å². The van der Waals surface area contributed by atoms with E-state index >= 15 is 0 Å². The zero-order valence-corrected chi connectivity index (χ0v) is 11.3. The van der Waals surface area contributed by atoms with E-state index in [0.29, 0.717) is 6.54 Å². The topological polar surface area (TPSA) is 59.2 Å². The van der Waals surface area contributed by atoms with E-state index in [9.17, 15) is 4.79 Å². The molecule has 0 aliphatic carbocycles. The molecule has 0 radical (unpaired) electrons. The van der Waals surface area contributed by atoms with Crippen molar-refractivity contribution in [3.63, 3.8) is 0 Å². The molecule has 4 nitrogen and oxygen atoms in total. The highest BCUT2D eigenvalue weighted by molar-refractivity contribution is 5.81. The van der Waals surface area contributed by atoms with Crippen LogP contribution in [0.25, 0.3) is 0 Å². The molecular weight excluding hydrogens is 226 g/mol. The van der Waals surface area contributed by atoms with Crippen molar-refractivity contribution in [2.45, 2.75) is 38.6 Å². The summed E-state index contributed by atoms with van der Waals surface area (Å²) in [6.45, 7) is 2.76. The van der Waals surface area contributed by atoms with Gasteiger partial charge in [0, 0.05) is 31.9 Å². The van der Waals surface area contributed by atoms with Crippen molar-refractivity contribution in [1.82, 2.24) is 9.88 Å². The molecule has 1 heterocycles. The highest BCUT2D eigenvalue weighted by atomic mass is 16.2. The predicted molar refractivity (Wildman–Crippen MR) is 73.1 cm³/mol. The molecule has 1 aromatic rings. The molecule has 1 amide bonds. The smallest absolute Gasteiger partial charge is 0.239 e. The zero-order chi connectivity index (χ0) is 13.4. The number of nitrogens with two attached hydrogens (primary N) is 1. The average molecular weight is 249 g/mol. The van der Waals surface area contributed by atoms with E-state index in [0.717, 1.165) is 31.4 Å².